The molecule has 2 heterocycles. The second-order valence-electron chi connectivity index (χ2n) is 2.02. The van der Waals surface area contributed by atoms with Gasteiger partial charge in [0.1, 0.15) is 12.5 Å². The SMILES string of the molecule is [O-][NH+]1C=Cc2cncnc21. The number of quaternary nitrogens is 1. The van der Waals surface area contributed by atoms with E-state index in [0.717, 1.165) is 5.56 Å². The van der Waals surface area contributed by atoms with E-state index in [9.17, 15) is 5.21 Å². The first-order chi connectivity index (χ1) is 4.88. The lowest BCUT2D eigenvalue weighted by Gasteiger charge is -2.10. The molecular formula is C6H5N3O. The highest BCUT2D eigenvalue weighted by atomic mass is 16.5. The first-order valence-electron chi connectivity index (χ1n) is 2.90. The van der Waals surface area contributed by atoms with Crippen molar-refractivity contribution >= 4 is 11.9 Å². The number of hydroxylamine groups is 1. The highest BCUT2D eigenvalue weighted by Gasteiger charge is 2.12. The Morgan fingerprint density at radius 2 is 2.40 bits per heavy atom. The molecule has 1 unspecified atom stereocenters. The number of rotatable bonds is 0. The van der Waals surface area contributed by atoms with Gasteiger partial charge in [0.25, 0.3) is 0 Å². The van der Waals surface area contributed by atoms with Crippen molar-refractivity contribution in [3.8, 4) is 0 Å². The zero-order valence-electron chi connectivity index (χ0n) is 5.11. The van der Waals surface area contributed by atoms with Gasteiger partial charge in [-0.15, -0.1) is 0 Å². The molecule has 1 aromatic rings. The number of aromatic nitrogens is 2. The van der Waals surface area contributed by atoms with Crippen LogP contribution in [0, 0.1) is 5.21 Å². The van der Waals surface area contributed by atoms with Crippen molar-refractivity contribution in [3.63, 3.8) is 0 Å². The van der Waals surface area contributed by atoms with Gasteiger partial charge in [-0.1, -0.05) is 0 Å². The summed E-state index contributed by atoms with van der Waals surface area (Å²) in [6, 6.07) is 0. The average molecular weight is 135 g/mol. The summed E-state index contributed by atoms with van der Waals surface area (Å²) < 4.78 is 0. The summed E-state index contributed by atoms with van der Waals surface area (Å²) in [7, 11) is 0. The van der Waals surface area contributed by atoms with Crippen LogP contribution in [0.3, 0.4) is 0 Å². The lowest BCUT2D eigenvalue weighted by Crippen LogP contribution is -2.96. The molecule has 1 aliphatic heterocycles. The van der Waals surface area contributed by atoms with E-state index in [1.165, 1.54) is 12.5 Å². The second kappa shape index (κ2) is 1.86. The molecule has 0 fully saturated rings. The monoisotopic (exact) mass is 135 g/mol. The van der Waals surface area contributed by atoms with Crippen LogP contribution in [0.15, 0.2) is 18.7 Å². The van der Waals surface area contributed by atoms with Crippen molar-refractivity contribution in [2.45, 2.75) is 0 Å². The van der Waals surface area contributed by atoms with Crippen LogP contribution in [0.5, 0.6) is 0 Å². The van der Waals surface area contributed by atoms with Crippen LogP contribution in [0.1, 0.15) is 5.56 Å². The van der Waals surface area contributed by atoms with Crippen LogP contribution < -0.4 is 5.06 Å². The number of hydrogen-bond donors (Lipinski definition) is 1. The molecule has 2 rings (SSSR count). The maximum absolute atomic E-state index is 10.9. The van der Waals surface area contributed by atoms with E-state index in [1.54, 1.807) is 12.3 Å². The van der Waals surface area contributed by atoms with Crippen molar-refractivity contribution in [1.82, 2.24) is 9.97 Å². The van der Waals surface area contributed by atoms with Crippen molar-refractivity contribution in [1.29, 1.82) is 0 Å². The van der Waals surface area contributed by atoms with Crippen molar-refractivity contribution in [3.05, 3.63) is 29.5 Å². The van der Waals surface area contributed by atoms with Crippen molar-refractivity contribution in [2.24, 2.45) is 0 Å². The van der Waals surface area contributed by atoms with Gasteiger partial charge in [0, 0.05) is 12.3 Å². The van der Waals surface area contributed by atoms with E-state index >= 15 is 0 Å². The molecule has 0 bridgehead atoms. The van der Waals surface area contributed by atoms with Crippen molar-refractivity contribution < 1.29 is 5.06 Å². The van der Waals surface area contributed by atoms with Crippen LogP contribution in [-0.2, 0) is 0 Å². The van der Waals surface area contributed by atoms with E-state index in [4.69, 9.17) is 0 Å². The maximum atomic E-state index is 10.9. The highest BCUT2D eigenvalue weighted by molar-refractivity contribution is 5.58. The smallest absolute Gasteiger partial charge is 0.241 e. The van der Waals surface area contributed by atoms with Gasteiger partial charge in [-0.05, 0) is 0 Å². The maximum Gasteiger partial charge on any atom is 0.241 e. The van der Waals surface area contributed by atoms with E-state index in [0.29, 0.717) is 5.82 Å². The first kappa shape index (κ1) is 5.52. The topological polar surface area (TPSA) is 53.3 Å². The quantitative estimate of drug-likeness (QED) is 0.487. The summed E-state index contributed by atoms with van der Waals surface area (Å²) in [4.78, 5) is 7.59. The lowest BCUT2D eigenvalue weighted by molar-refractivity contribution is -0.713. The van der Waals surface area contributed by atoms with Crippen LogP contribution in [0.25, 0.3) is 6.08 Å². The van der Waals surface area contributed by atoms with Gasteiger partial charge in [0.15, 0.2) is 0 Å². The summed E-state index contributed by atoms with van der Waals surface area (Å²) in [6.45, 7) is 0. The molecule has 0 amide bonds. The van der Waals surface area contributed by atoms with Gasteiger partial charge in [-0.25, -0.2) is 4.98 Å². The van der Waals surface area contributed by atoms with Gasteiger partial charge >= 0.3 is 0 Å². The Balaban J connectivity index is 2.59. The predicted octanol–water partition coefficient (Wildman–Crippen LogP) is -0.525. The molecule has 50 valence electrons. The molecule has 1 aliphatic rings. The molecule has 0 aliphatic carbocycles. The van der Waals surface area contributed by atoms with Crippen LogP contribution in [-0.4, -0.2) is 9.97 Å². The summed E-state index contributed by atoms with van der Waals surface area (Å²) in [5, 5.41) is 10.9. The highest BCUT2D eigenvalue weighted by Crippen LogP contribution is 2.10. The van der Waals surface area contributed by atoms with Crippen LogP contribution >= 0.6 is 0 Å². The zero-order valence-corrected chi connectivity index (χ0v) is 5.11. The van der Waals surface area contributed by atoms with Gasteiger partial charge in [-0.3, -0.25) is 5.06 Å². The summed E-state index contributed by atoms with van der Waals surface area (Å²) in [5.74, 6) is 0.509. The molecule has 0 saturated carbocycles. The molecule has 0 spiro atoms. The van der Waals surface area contributed by atoms with Gasteiger partial charge in [0.2, 0.25) is 5.82 Å². The summed E-state index contributed by atoms with van der Waals surface area (Å²) >= 11 is 0. The minimum Gasteiger partial charge on any atom is -0.623 e. The Hall–Kier alpha value is -1.26. The fourth-order valence-corrected chi connectivity index (χ4v) is 0.913. The fourth-order valence-electron chi connectivity index (χ4n) is 0.913. The number of hydrogen-bond acceptors (Lipinski definition) is 3. The first-order valence-corrected chi connectivity index (χ1v) is 2.90. The Morgan fingerprint density at radius 1 is 1.50 bits per heavy atom. The number of fused-ring (bicyclic) bond motifs is 1. The molecule has 0 radical (unpaired) electrons. The van der Waals surface area contributed by atoms with Gasteiger partial charge in [0.05, 0.1) is 5.56 Å². The summed E-state index contributed by atoms with van der Waals surface area (Å²) in [5.41, 5.74) is 0.813. The van der Waals surface area contributed by atoms with Gasteiger partial charge < -0.3 is 5.21 Å². The molecule has 4 nitrogen and oxygen atoms in total. The predicted molar refractivity (Wildman–Crippen MR) is 35.1 cm³/mol. The molecule has 10 heavy (non-hydrogen) atoms. The molecule has 4 heteroatoms. The largest absolute Gasteiger partial charge is 0.623 e. The average Bonchev–Trinajstić information content (AvgIpc) is 2.34. The van der Waals surface area contributed by atoms with Crippen LogP contribution in [0.2, 0.25) is 0 Å². The minimum atomic E-state index is -0.0302. The normalized spacial score (nSPS) is 21.1. The lowest BCUT2D eigenvalue weighted by atomic mass is 10.3. The standard InChI is InChI=1S/C6H5N3O/c10-9-2-1-5-3-7-4-8-6(5)9/h1-4,9H. The molecular weight excluding hydrogens is 130 g/mol. The summed E-state index contributed by atoms with van der Waals surface area (Å²) in [6.07, 6.45) is 6.23. The second-order valence-corrected chi connectivity index (χ2v) is 2.02. The van der Waals surface area contributed by atoms with E-state index in [1.807, 2.05) is 0 Å². The van der Waals surface area contributed by atoms with Crippen molar-refractivity contribution in [2.75, 3.05) is 0 Å². The van der Waals surface area contributed by atoms with E-state index in [-0.39, 0.29) is 5.06 Å². The van der Waals surface area contributed by atoms with E-state index < -0.39 is 0 Å². The Labute approximate surface area is 57.4 Å². The Morgan fingerprint density at radius 3 is 3.20 bits per heavy atom. The third-order valence-corrected chi connectivity index (χ3v) is 1.39. The third kappa shape index (κ3) is 0.632. The third-order valence-electron chi connectivity index (χ3n) is 1.39. The molecule has 0 saturated heterocycles. The molecule has 1 atom stereocenters. The van der Waals surface area contributed by atoms with Crippen LogP contribution in [0.4, 0.5) is 5.82 Å². The van der Waals surface area contributed by atoms with Gasteiger partial charge in [-0.2, -0.15) is 4.98 Å². The minimum absolute atomic E-state index is 0.0302. The Kier molecular flexibility index (Phi) is 1.03. The molecule has 1 aromatic heterocycles. The molecule has 1 N–H and O–H groups in total. The van der Waals surface area contributed by atoms with E-state index in [2.05, 4.69) is 9.97 Å². The Bertz CT molecular complexity index is 284. The fraction of sp³-hybridized carbons (Fsp3) is 0. The number of nitrogens with zero attached hydrogens (tertiary/aromatic N) is 2. The zero-order chi connectivity index (χ0) is 6.97. The molecule has 0 aromatic carbocycles. The number of nitrogens with one attached hydrogen (secondary N) is 1.